The number of rotatable bonds is 3. The predicted molar refractivity (Wildman–Crippen MR) is 90.4 cm³/mol. The maximum atomic E-state index is 14.0. The monoisotopic (exact) mass is 316 g/mol. The van der Waals surface area contributed by atoms with Gasteiger partial charge in [-0.25, -0.2) is 9.37 Å². The van der Waals surface area contributed by atoms with Crippen LogP contribution >= 0.6 is 0 Å². The molecule has 23 heavy (non-hydrogen) atoms. The van der Waals surface area contributed by atoms with Crippen molar-refractivity contribution in [3.05, 3.63) is 36.3 Å². The van der Waals surface area contributed by atoms with Crippen molar-refractivity contribution in [3.63, 3.8) is 0 Å². The van der Waals surface area contributed by atoms with Crippen molar-refractivity contribution in [3.8, 4) is 0 Å². The van der Waals surface area contributed by atoms with Gasteiger partial charge in [0.25, 0.3) is 0 Å². The standard InChI is InChI=1S/C16H21FN6/c1-10-8-23(9-11(2)20-10)16-19-7-14(17)15(22-16)21-13-5-3-12(18)4-6-13/h3-7,10-11,20H,8-9,18H2,1-2H3,(H,19,21,22)/t10-,11+. The summed E-state index contributed by atoms with van der Waals surface area (Å²) in [6.07, 6.45) is 1.21. The number of nitrogens with one attached hydrogen (secondary N) is 2. The number of piperazine rings is 1. The Morgan fingerprint density at radius 1 is 1.22 bits per heavy atom. The molecule has 2 aromatic rings. The number of halogens is 1. The second kappa shape index (κ2) is 6.37. The van der Waals surface area contributed by atoms with E-state index in [-0.39, 0.29) is 5.82 Å². The van der Waals surface area contributed by atoms with Crippen LogP contribution in [-0.4, -0.2) is 35.1 Å². The van der Waals surface area contributed by atoms with Crippen LogP contribution in [0.1, 0.15) is 13.8 Å². The van der Waals surface area contributed by atoms with Crippen LogP contribution in [0.3, 0.4) is 0 Å². The molecule has 0 saturated carbocycles. The molecule has 0 bridgehead atoms. The Hall–Kier alpha value is -2.41. The summed E-state index contributed by atoms with van der Waals surface area (Å²) in [6.45, 7) is 5.80. The average molecular weight is 316 g/mol. The van der Waals surface area contributed by atoms with Gasteiger partial charge in [-0.05, 0) is 38.1 Å². The number of nitrogens with two attached hydrogens (primary N) is 1. The molecule has 0 amide bonds. The number of aromatic nitrogens is 2. The van der Waals surface area contributed by atoms with Crippen LogP contribution in [0, 0.1) is 5.82 Å². The molecule has 2 heterocycles. The number of hydrogen-bond donors (Lipinski definition) is 3. The molecule has 4 N–H and O–H groups in total. The third-order valence-corrected chi connectivity index (χ3v) is 3.75. The molecule has 6 nitrogen and oxygen atoms in total. The fourth-order valence-corrected chi connectivity index (χ4v) is 2.79. The third-order valence-electron chi connectivity index (χ3n) is 3.75. The maximum absolute atomic E-state index is 14.0. The highest BCUT2D eigenvalue weighted by Gasteiger charge is 2.23. The second-order valence-corrected chi connectivity index (χ2v) is 5.99. The van der Waals surface area contributed by atoms with Crippen LogP contribution in [-0.2, 0) is 0 Å². The van der Waals surface area contributed by atoms with Gasteiger partial charge in [0.2, 0.25) is 5.95 Å². The topological polar surface area (TPSA) is 79.1 Å². The summed E-state index contributed by atoms with van der Waals surface area (Å²) in [5.41, 5.74) is 7.04. The Kier molecular flexibility index (Phi) is 4.29. The molecule has 0 spiro atoms. The Bertz CT molecular complexity index is 665. The van der Waals surface area contributed by atoms with E-state index in [4.69, 9.17) is 5.73 Å². The third kappa shape index (κ3) is 3.68. The van der Waals surface area contributed by atoms with Gasteiger partial charge in [0, 0.05) is 36.5 Å². The number of nitrogen functional groups attached to an aromatic ring is 1. The number of nitrogens with zero attached hydrogens (tertiary/aromatic N) is 3. The van der Waals surface area contributed by atoms with Crippen molar-refractivity contribution in [2.45, 2.75) is 25.9 Å². The van der Waals surface area contributed by atoms with Gasteiger partial charge in [0.05, 0.1) is 6.20 Å². The van der Waals surface area contributed by atoms with Crippen LogP contribution in [0.15, 0.2) is 30.5 Å². The van der Waals surface area contributed by atoms with Crippen LogP contribution in [0.4, 0.5) is 27.5 Å². The Morgan fingerprint density at radius 3 is 2.52 bits per heavy atom. The van der Waals surface area contributed by atoms with Crippen molar-refractivity contribution in [2.75, 3.05) is 29.0 Å². The molecule has 7 heteroatoms. The van der Waals surface area contributed by atoms with E-state index in [0.717, 1.165) is 18.8 Å². The zero-order valence-corrected chi connectivity index (χ0v) is 13.3. The van der Waals surface area contributed by atoms with Crippen molar-refractivity contribution >= 4 is 23.1 Å². The van der Waals surface area contributed by atoms with Gasteiger partial charge in [0.1, 0.15) is 0 Å². The molecule has 122 valence electrons. The first-order valence-electron chi connectivity index (χ1n) is 7.67. The SMILES string of the molecule is C[C@@H]1CN(c2ncc(F)c(Nc3ccc(N)cc3)n2)C[C@H](C)N1. The van der Waals surface area contributed by atoms with Crippen molar-refractivity contribution in [1.82, 2.24) is 15.3 Å². The molecule has 1 fully saturated rings. The molecule has 1 aliphatic heterocycles. The number of benzene rings is 1. The molecule has 0 unspecified atom stereocenters. The summed E-state index contributed by atoms with van der Waals surface area (Å²) >= 11 is 0. The lowest BCUT2D eigenvalue weighted by Crippen LogP contribution is -2.54. The first-order chi connectivity index (χ1) is 11.0. The maximum Gasteiger partial charge on any atom is 0.227 e. The van der Waals surface area contributed by atoms with Gasteiger partial charge in [-0.15, -0.1) is 0 Å². The lowest BCUT2D eigenvalue weighted by Gasteiger charge is -2.36. The van der Waals surface area contributed by atoms with E-state index in [1.165, 1.54) is 6.20 Å². The summed E-state index contributed by atoms with van der Waals surface area (Å²) in [5.74, 6) is 0.213. The molecule has 1 aliphatic rings. The lowest BCUT2D eigenvalue weighted by molar-refractivity contribution is 0.403. The van der Waals surface area contributed by atoms with Crippen LogP contribution in [0.5, 0.6) is 0 Å². The van der Waals surface area contributed by atoms with Gasteiger partial charge < -0.3 is 21.3 Å². The van der Waals surface area contributed by atoms with E-state index in [2.05, 4.69) is 39.3 Å². The summed E-state index contributed by atoms with van der Waals surface area (Å²) < 4.78 is 14.0. The van der Waals surface area contributed by atoms with Gasteiger partial charge in [-0.2, -0.15) is 4.98 Å². The molecule has 0 radical (unpaired) electrons. The van der Waals surface area contributed by atoms with Crippen LogP contribution in [0.25, 0.3) is 0 Å². The Labute approximate surface area is 134 Å². The normalized spacial score (nSPS) is 21.3. The van der Waals surface area contributed by atoms with Crippen LogP contribution in [0.2, 0.25) is 0 Å². The van der Waals surface area contributed by atoms with E-state index in [0.29, 0.717) is 23.7 Å². The summed E-state index contributed by atoms with van der Waals surface area (Å²) in [4.78, 5) is 10.6. The molecule has 0 aliphatic carbocycles. The number of anilines is 4. The lowest BCUT2D eigenvalue weighted by atomic mass is 10.1. The van der Waals surface area contributed by atoms with Crippen molar-refractivity contribution in [2.24, 2.45) is 0 Å². The first-order valence-corrected chi connectivity index (χ1v) is 7.67. The minimum atomic E-state index is -0.484. The van der Waals surface area contributed by atoms with E-state index in [1.54, 1.807) is 24.3 Å². The molecular formula is C16H21FN6. The van der Waals surface area contributed by atoms with E-state index in [1.807, 2.05) is 0 Å². The average Bonchev–Trinajstić information content (AvgIpc) is 2.50. The minimum absolute atomic E-state index is 0.165. The molecule has 1 aromatic heterocycles. The van der Waals surface area contributed by atoms with E-state index >= 15 is 0 Å². The Balaban J connectivity index is 1.82. The van der Waals surface area contributed by atoms with Gasteiger partial charge in [-0.3, -0.25) is 0 Å². The number of hydrogen-bond acceptors (Lipinski definition) is 6. The smallest absolute Gasteiger partial charge is 0.227 e. The highest BCUT2D eigenvalue weighted by Crippen LogP contribution is 2.21. The largest absolute Gasteiger partial charge is 0.399 e. The molecule has 1 aromatic carbocycles. The summed E-state index contributed by atoms with van der Waals surface area (Å²) in [6, 6.07) is 7.74. The second-order valence-electron chi connectivity index (χ2n) is 5.99. The predicted octanol–water partition coefficient (Wildman–Crippen LogP) is 2.13. The van der Waals surface area contributed by atoms with Gasteiger partial charge in [0.15, 0.2) is 11.6 Å². The van der Waals surface area contributed by atoms with Crippen molar-refractivity contribution in [1.29, 1.82) is 0 Å². The summed E-state index contributed by atoms with van der Waals surface area (Å²) in [7, 11) is 0. The fourth-order valence-electron chi connectivity index (χ4n) is 2.79. The molecule has 1 saturated heterocycles. The summed E-state index contributed by atoms with van der Waals surface area (Å²) in [5, 5.41) is 6.43. The van der Waals surface area contributed by atoms with Crippen molar-refractivity contribution < 1.29 is 4.39 Å². The van der Waals surface area contributed by atoms with Gasteiger partial charge in [-0.1, -0.05) is 0 Å². The van der Waals surface area contributed by atoms with E-state index in [9.17, 15) is 4.39 Å². The minimum Gasteiger partial charge on any atom is -0.399 e. The molecule has 2 atom stereocenters. The molecular weight excluding hydrogens is 295 g/mol. The van der Waals surface area contributed by atoms with E-state index < -0.39 is 5.82 Å². The zero-order valence-electron chi connectivity index (χ0n) is 13.3. The Morgan fingerprint density at radius 2 is 1.87 bits per heavy atom. The van der Waals surface area contributed by atoms with Gasteiger partial charge >= 0.3 is 0 Å². The molecule has 3 rings (SSSR count). The highest BCUT2D eigenvalue weighted by atomic mass is 19.1. The zero-order chi connectivity index (χ0) is 16.4. The fraction of sp³-hybridized carbons (Fsp3) is 0.375. The van der Waals surface area contributed by atoms with Crippen LogP contribution < -0.4 is 21.3 Å². The highest BCUT2D eigenvalue weighted by molar-refractivity contribution is 5.60. The first kappa shape index (κ1) is 15.5. The quantitative estimate of drug-likeness (QED) is 0.753.